The highest BCUT2D eigenvalue weighted by Crippen LogP contribution is 2.08. The molecule has 23 heavy (non-hydrogen) atoms. The summed E-state index contributed by atoms with van der Waals surface area (Å²) in [5.74, 6) is -0.871. The molecule has 0 saturated carbocycles. The molecule has 0 aliphatic carbocycles. The number of nitrogens with one attached hydrogen (secondary N) is 1. The van der Waals surface area contributed by atoms with Crippen LogP contribution in [0.4, 0.5) is 0 Å². The van der Waals surface area contributed by atoms with E-state index >= 15 is 0 Å². The molecule has 0 unspecified atom stereocenters. The lowest BCUT2D eigenvalue weighted by Crippen LogP contribution is -2.21. The molecule has 2 N–H and O–H groups in total. The Balaban J connectivity index is 2.09. The minimum atomic E-state index is -0.886. The first-order chi connectivity index (χ1) is 11.2. The van der Waals surface area contributed by atoms with Gasteiger partial charge < -0.3 is 5.11 Å². The number of nitrogens with zero attached hydrogens (tertiary/aromatic N) is 2. The average molecular weight is 329 g/mol. The summed E-state index contributed by atoms with van der Waals surface area (Å²) in [4.78, 5) is 26.5. The number of hydrazone groups is 1. The van der Waals surface area contributed by atoms with E-state index in [1.807, 2.05) is 30.3 Å². The quantitative estimate of drug-likeness (QED) is 0.599. The van der Waals surface area contributed by atoms with Gasteiger partial charge in [-0.05, 0) is 17.7 Å². The summed E-state index contributed by atoms with van der Waals surface area (Å²) < 4.78 is 0. The lowest BCUT2D eigenvalue weighted by molar-refractivity contribution is -0.133. The number of rotatable bonds is 7. The Hall–Kier alpha value is -2.67. The molecule has 1 aromatic heterocycles. The van der Waals surface area contributed by atoms with E-state index in [4.69, 9.17) is 5.11 Å². The third-order valence-corrected chi connectivity index (χ3v) is 3.73. The fourth-order valence-electron chi connectivity index (χ4n) is 1.73. The zero-order valence-electron chi connectivity index (χ0n) is 12.2. The maximum atomic E-state index is 12.0. The molecule has 0 aliphatic heterocycles. The van der Waals surface area contributed by atoms with Crippen LogP contribution >= 0.6 is 11.8 Å². The average Bonchev–Trinajstić information content (AvgIpc) is 2.59. The summed E-state index contributed by atoms with van der Waals surface area (Å²) in [5, 5.41) is 12.9. The van der Waals surface area contributed by atoms with Gasteiger partial charge in [-0.3, -0.25) is 14.6 Å². The number of aromatic nitrogens is 1. The minimum Gasteiger partial charge on any atom is -0.481 e. The van der Waals surface area contributed by atoms with Crippen LogP contribution in [-0.4, -0.2) is 39.2 Å². The molecular formula is C16H15N3O3S. The molecule has 6 nitrogen and oxygen atoms in total. The fourth-order valence-corrected chi connectivity index (χ4v) is 2.43. The van der Waals surface area contributed by atoms with Crippen LogP contribution in [0.3, 0.4) is 0 Å². The molecule has 0 spiro atoms. The summed E-state index contributed by atoms with van der Waals surface area (Å²) in [5.41, 5.74) is 4.39. The van der Waals surface area contributed by atoms with Crippen LogP contribution in [0.15, 0.2) is 60.0 Å². The highest BCUT2D eigenvalue weighted by atomic mass is 32.2. The number of hydrogen-bond donors (Lipinski definition) is 2. The molecule has 0 bridgehead atoms. The van der Waals surface area contributed by atoms with Crippen LogP contribution in [0, 0.1) is 0 Å². The summed E-state index contributed by atoms with van der Waals surface area (Å²) in [6.07, 6.45) is 3.05. The Morgan fingerprint density at radius 1 is 1.04 bits per heavy atom. The van der Waals surface area contributed by atoms with Crippen molar-refractivity contribution in [1.82, 2.24) is 10.4 Å². The molecule has 118 valence electrons. The van der Waals surface area contributed by atoms with Gasteiger partial charge in [-0.2, -0.15) is 5.10 Å². The van der Waals surface area contributed by atoms with Gasteiger partial charge in [-0.25, -0.2) is 5.43 Å². The van der Waals surface area contributed by atoms with Gasteiger partial charge in [0, 0.05) is 23.7 Å². The number of thioether (sulfide) groups is 1. The van der Waals surface area contributed by atoms with Crippen molar-refractivity contribution in [3.05, 3.63) is 66.0 Å². The van der Waals surface area contributed by atoms with Crippen molar-refractivity contribution < 1.29 is 14.7 Å². The molecule has 0 atom stereocenters. The number of hydrogen-bond acceptors (Lipinski definition) is 5. The molecule has 0 saturated heterocycles. The summed E-state index contributed by atoms with van der Waals surface area (Å²) in [6.45, 7) is 0. The Kier molecular flexibility index (Phi) is 6.31. The number of carbonyl (C=O) groups is 2. The lowest BCUT2D eigenvalue weighted by Gasteiger charge is -2.07. The van der Waals surface area contributed by atoms with E-state index in [0.717, 1.165) is 5.56 Å². The second kappa shape index (κ2) is 8.70. The van der Waals surface area contributed by atoms with Crippen LogP contribution in [0.5, 0.6) is 0 Å². The molecule has 1 heterocycles. The second-order valence-corrected chi connectivity index (χ2v) is 5.47. The number of amides is 1. The topological polar surface area (TPSA) is 91.6 Å². The predicted octanol–water partition coefficient (Wildman–Crippen LogP) is 2.03. The first-order valence-corrected chi connectivity index (χ1v) is 7.94. The normalized spacial score (nSPS) is 11.0. The zero-order chi connectivity index (χ0) is 16.5. The number of pyridine rings is 1. The fraction of sp³-hybridized carbons (Fsp3) is 0.125. The Labute approximate surface area is 137 Å². The summed E-state index contributed by atoms with van der Waals surface area (Å²) in [7, 11) is 0. The smallest absolute Gasteiger partial charge is 0.313 e. The van der Waals surface area contributed by atoms with Gasteiger partial charge in [0.05, 0.1) is 11.5 Å². The minimum absolute atomic E-state index is 0.0237. The molecule has 2 rings (SSSR count). The van der Waals surface area contributed by atoms with E-state index in [1.54, 1.807) is 12.1 Å². The van der Waals surface area contributed by atoms with Gasteiger partial charge in [-0.1, -0.05) is 30.3 Å². The number of aliphatic carboxylic acids is 1. The molecule has 2 aromatic rings. The number of carboxylic acids is 1. The molecule has 0 fully saturated rings. The van der Waals surface area contributed by atoms with E-state index in [0.29, 0.717) is 17.0 Å². The number of benzene rings is 1. The maximum absolute atomic E-state index is 12.0. The molecule has 7 heteroatoms. The van der Waals surface area contributed by atoms with E-state index < -0.39 is 5.97 Å². The summed E-state index contributed by atoms with van der Waals surface area (Å²) in [6, 6.07) is 12.5. The van der Waals surface area contributed by atoms with Gasteiger partial charge in [0.2, 0.25) is 0 Å². The lowest BCUT2D eigenvalue weighted by atomic mass is 10.1. The van der Waals surface area contributed by atoms with Crippen LogP contribution in [0.1, 0.15) is 15.9 Å². The van der Waals surface area contributed by atoms with Gasteiger partial charge >= 0.3 is 5.97 Å². The largest absolute Gasteiger partial charge is 0.481 e. The predicted molar refractivity (Wildman–Crippen MR) is 89.6 cm³/mol. The molecule has 0 radical (unpaired) electrons. The third kappa shape index (κ3) is 5.55. The Morgan fingerprint density at radius 3 is 2.39 bits per heavy atom. The van der Waals surface area contributed by atoms with E-state index in [-0.39, 0.29) is 11.7 Å². The Morgan fingerprint density at radius 2 is 1.74 bits per heavy atom. The highest BCUT2D eigenvalue weighted by molar-refractivity contribution is 8.00. The van der Waals surface area contributed by atoms with Crippen molar-refractivity contribution in [3.63, 3.8) is 0 Å². The molecule has 1 amide bonds. The van der Waals surface area contributed by atoms with E-state index in [9.17, 15) is 9.59 Å². The first kappa shape index (κ1) is 16.7. The summed E-state index contributed by atoms with van der Waals surface area (Å²) >= 11 is 1.22. The highest BCUT2D eigenvalue weighted by Gasteiger charge is 2.08. The zero-order valence-corrected chi connectivity index (χ0v) is 13.0. The maximum Gasteiger partial charge on any atom is 0.313 e. The van der Waals surface area contributed by atoms with E-state index in [1.165, 1.54) is 24.2 Å². The van der Waals surface area contributed by atoms with Crippen molar-refractivity contribution in [1.29, 1.82) is 0 Å². The first-order valence-electron chi connectivity index (χ1n) is 6.78. The SMILES string of the molecule is O=C(O)CSC/C(=N\NC(=O)c1ccncc1)c1ccccc1. The van der Waals surface area contributed by atoms with Gasteiger partial charge in [0.1, 0.15) is 0 Å². The van der Waals surface area contributed by atoms with Gasteiger partial charge in [0.25, 0.3) is 5.91 Å². The molecule has 1 aromatic carbocycles. The second-order valence-electron chi connectivity index (χ2n) is 4.49. The van der Waals surface area contributed by atoms with Crippen molar-refractivity contribution in [3.8, 4) is 0 Å². The van der Waals surface area contributed by atoms with Gasteiger partial charge in [0.15, 0.2) is 0 Å². The van der Waals surface area contributed by atoms with Crippen LogP contribution in [0.2, 0.25) is 0 Å². The van der Waals surface area contributed by atoms with Crippen LogP contribution < -0.4 is 5.43 Å². The monoisotopic (exact) mass is 329 g/mol. The number of carboxylic acid groups (broad SMARTS) is 1. The van der Waals surface area contributed by atoms with Crippen LogP contribution in [0.25, 0.3) is 0 Å². The van der Waals surface area contributed by atoms with Crippen LogP contribution in [-0.2, 0) is 4.79 Å². The van der Waals surface area contributed by atoms with E-state index in [2.05, 4.69) is 15.5 Å². The van der Waals surface area contributed by atoms with Crippen molar-refractivity contribution in [2.75, 3.05) is 11.5 Å². The Bertz CT molecular complexity index is 690. The number of carbonyl (C=O) groups excluding carboxylic acids is 1. The van der Waals surface area contributed by atoms with Crippen molar-refractivity contribution in [2.24, 2.45) is 5.10 Å². The van der Waals surface area contributed by atoms with Gasteiger partial charge in [-0.15, -0.1) is 11.8 Å². The molecular weight excluding hydrogens is 314 g/mol. The van der Waals surface area contributed by atoms with Crippen molar-refractivity contribution >= 4 is 29.4 Å². The molecule has 0 aliphatic rings. The standard InChI is InChI=1S/C16H15N3O3S/c20-15(21)11-23-10-14(12-4-2-1-3-5-12)18-19-16(22)13-6-8-17-9-7-13/h1-9H,10-11H2,(H,19,22)(H,20,21)/b18-14+. The van der Waals surface area contributed by atoms with Crippen molar-refractivity contribution in [2.45, 2.75) is 0 Å². The third-order valence-electron chi connectivity index (χ3n) is 2.81.